The third-order valence-corrected chi connectivity index (χ3v) is 7.36. The van der Waals surface area contributed by atoms with Crippen LogP contribution in [0.15, 0.2) is 23.1 Å². The Bertz CT molecular complexity index is 763. The molecule has 1 atom stereocenters. The fourth-order valence-corrected chi connectivity index (χ4v) is 5.05. The summed E-state index contributed by atoms with van der Waals surface area (Å²) in [6.07, 6.45) is 5.10. The van der Waals surface area contributed by atoms with E-state index in [1.807, 2.05) is 0 Å². The van der Waals surface area contributed by atoms with Gasteiger partial charge in [0.2, 0.25) is 15.9 Å². The van der Waals surface area contributed by atoms with Crippen molar-refractivity contribution < 1.29 is 22.0 Å². The Morgan fingerprint density at radius 1 is 1.25 bits per heavy atom. The van der Waals surface area contributed by atoms with Crippen molar-refractivity contribution in [3.05, 3.63) is 29.8 Å². The van der Waals surface area contributed by atoms with Crippen LogP contribution >= 0.6 is 0 Å². The normalized spacial score (nSPS) is 17.4. The van der Waals surface area contributed by atoms with E-state index in [1.165, 1.54) is 0 Å². The third-order valence-electron chi connectivity index (χ3n) is 5.44. The van der Waals surface area contributed by atoms with Crippen LogP contribution in [0.5, 0.6) is 0 Å². The van der Waals surface area contributed by atoms with E-state index in [9.17, 15) is 22.0 Å². The van der Waals surface area contributed by atoms with Gasteiger partial charge in [-0.15, -0.1) is 0 Å². The number of hydrogen-bond acceptors (Lipinski definition) is 3. The van der Waals surface area contributed by atoms with Crippen molar-refractivity contribution in [2.75, 3.05) is 19.6 Å². The fraction of sp³-hybridized carbons (Fsp3) is 0.650. The molecule has 158 valence electrons. The standard InChI is InChI=1S/C20H30F2N2O3S/c1-3-5-6-15(4-2)14-23-20(25)16-9-11-24(12-10-16)28(26,27)19-13-17(21)7-8-18(19)22/h7-8,13,15-16H,3-6,9-12,14H2,1-2H3,(H,23,25). The lowest BCUT2D eigenvalue weighted by atomic mass is 9.95. The predicted octanol–water partition coefficient (Wildman–Crippen LogP) is 3.70. The van der Waals surface area contributed by atoms with E-state index >= 15 is 0 Å². The van der Waals surface area contributed by atoms with Crippen molar-refractivity contribution in [3.63, 3.8) is 0 Å². The summed E-state index contributed by atoms with van der Waals surface area (Å²) in [5.41, 5.74) is 0. The number of rotatable bonds is 9. The molecular formula is C20H30F2N2O3S. The molecule has 0 radical (unpaired) electrons. The number of nitrogens with one attached hydrogen (secondary N) is 1. The average molecular weight is 417 g/mol. The maximum atomic E-state index is 13.9. The zero-order chi connectivity index (χ0) is 20.7. The highest BCUT2D eigenvalue weighted by Gasteiger charge is 2.33. The van der Waals surface area contributed by atoms with Crippen LogP contribution < -0.4 is 5.32 Å². The van der Waals surface area contributed by atoms with Crippen LogP contribution in [0.4, 0.5) is 8.78 Å². The molecule has 28 heavy (non-hydrogen) atoms. The molecule has 2 rings (SSSR count). The van der Waals surface area contributed by atoms with Crippen LogP contribution in [0.2, 0.25) is 0 Å². The number of piperidine rings is 1. The van der Waals surface area contributed by atoms with Crippen molar-refractivity contribution in [1.82, 2.24) is 9.62 Å². The van der Waals surface area contributed by atoms with Crippen molar-refractivity contribution in [2.24, 2.45) is 11.8 Å². The van der Waals surface area contributed by atoms with E-state index < -0.39 is 26.6 Å². The summed E-state index contributed by atoms with van der Waals surface area (Å²) >= 11 is 0. The Morgan fingerprint density at radius 2 is 1.93 bits per heavy atom. The summed E-state index contributed by atoms with van der Waals surface area (Å²) in [5.74, 6) is -1.63. The van der Waals surface area contributed by atoms with E-state index in [4.69, 9.17) is 0 Å². The van der Waals surface area contributed by atoms with Gasteiger partial charge >= 0.3 is 0 Å². The van der Waals surface area contributed by atoms with Gasteiger partial charge in [0.15, 0.2) is 0 Å². The monoisotopic (exact) mass is 416 g/mol. The van der Waals surface area contributed by atoms with Crippen LogP contribution in [-0.2, 0) is 14.8 Å². The largest absolute Gasteiger partial charge is 0.356 e. The molecule has 1 unspecified atom stereocenters. The number of amides is 1. The molecule has 1 heterocycles. The molecule has 1 aromatic rings. The smallest absolute Gasteiger partial charge is 0.246 e. The van der Waals surface area contributed by atoms with Crippen molar-refractivity contribution in [2.45, 2.75) is 57.3 Å². The number of benzene rings is 1. The van der Waals surface area contributed by atoms with E-state index in [0.717, 1.165) is 42.1 Å². The maximum absolute atomic E-state index is 13.9. The van der Waals surface area contributed by atoms with Gasteiger partial charge in [0.1, 0.15) is 16.5 Å². The molecule has 5 nitrogen and oxygen atoms in total. The number of unbranched alkanes of at least 4 members (excludes halogenated alkanes) is 1. The Morgan fingerprint density at radius 3 is 2.54 bits per heavy atom. The Labute approximate surface area is 166 Å². The van der Waals surface area contributed by atoms with Crippen molar-refractivity contribution in [1.29, 1.82) is 0 Å². The van der Waals surface area contributed by atoms with Gasteiger partial charge in [-0.05, 0) is 43.4 Å². The van der Waals surface area contributed by atoms with E-state index in [0.29, 0.717) is 31.4 Å². The van der Waals surface area contributed by atoms with Crippen LogP contribution in [0.25, 0.3) is 0 Å². The zero-order valence-electron chi connectivity index (χ0n) is 16.6. The van der Waals surface area contributed by atoms with Gasteiger partial charge in [0.25, 0.3) is 0 Å². The molecular weight excluding hydrogens is 386 g/mol. The summed E-state index contributed by atoms with van der Waals surface area (Å²) < 4.78 is 53.6. The van der Waals surface area contributed by atoms with E-state index in [1.54, 1.807) is 0 Å². The highest BCUT2D eigenvalue weighted by Crippen LogP contribution is 2.26. The number of sulfonamides is 1. The molecule has 1 saturated heterocycles. The number of nitrogens with zero attached hydrogens (tertiary/aromatic N) is 1. The number of carbonyl (C=O) groups is 1. The molecule has 1 aliphatic rings. The van der Waals surface area contributed by atoms with Gasteiger partial charge in [-0.25, -0.2) is 17.2 Å². The van der Waals surface area contributed by atoms with Crippen molar-refractivity contribution in [3.8, 4) is 0 Å². The Balaban J connectivity index is 1.91. The summed E-state index contributed by atoms with van der Waals surface area (Å²) in [6.45, 7) is 5.12. The number of hydrogen-bond donors (Lipinski definition) is 1. The van der Waals surface area contributed by atoms with Crippen LogP contribution in [0.3, 0.4) is 0 Å². The van der Waals surface area contributed by atoms with Gasteiger partial charge in [-0.1, -0.05) is 33.1 Å². The second-order valence-electron chi connectivity index (χ2n) is 7.41. The molecule has 0 spiro atoms. The molecule has 0 aliphatic carbocycles. The molecule has 8 heteroatoms. The Kier molecular flexibility index (Phi) is 8.37. The first kappa shape index (κ1) is 22.7. The minimum Gasteiger partial charge on any atom is -0.356 e. The van der Waals surface area contributed by atoms with E-state index in [-0.39, 0.29) is 24.9 Å². The van der Waals surface area contributed by atoms with Gasteiger partial charge in [-0.3, -0.25) is 4.79 Å². The minimum atomic E-state index is -4.12. The van der Waals surface area contributed by atoms with Crippen molar-refractivity contribution >= 4 is 15.9 Å². The number of carbonyl (C=O) groups excluding carboxylic acids is 1. The summed E-state index contributed by atoms with van der Waals surface area (Å²) in [6, 6.07) is 2.39. The highest BCUT2D eigenvalue weighted by molar-refractivity contribution is 7.89. The molecule has 1 amide bonds. The molecule has 0 aromatic heterocycles. The average Bonchev–Trinajstić information content (AvgIpc) is 2.69. The van der Waals surface area contributed by atoms with Crippen LogP contribution in [0, 0.1) is 23.5 Å². The molecule has 0 saturated carbocycles. The van der Waals surface area contributed by atoms with E-state index in [2.05, 4.69) is 19.2 Å². The summed E-state index contributed by atoms with van der Waals surface area (Å²) in [4.78, 5) is 11.8. The SMILES string of the molecule is CCCCC(CC)CNC(=O)C1CCN(S(=O)(=O)c2cc(F)ccc2F)CC1. The third kappa shape index (κ3) is 5.73. The molecule has 1 aliphatic heterocycles. The second-order valence-corrected chi connectivity index (χ2v) is 9.32. The van der Waals surface area contributed by atoms with Gasteiger partial charge in [-0.2, -0.15) is 4.31 Å². The van der Waals surface area contributed by atoms with Crippen LogP contribution in [-0.4, -0.2) is 38.3 Å². The van der Waals surface area contributed by atoms with Gasteiger partial charge in [0.05, 0.1) is 0 Å². The molecule has 1 fully saturated rings. The minimum absolute atomic E-state index is 0.0519. The van der Waals surface area contributed by atoms with Gasteiger partial charge < -0.3 is 5.32 Å². The fourth-order valence-electron chi connectivity index (χ4n) is 3.50. The lowest BCUT2D eigenvalue weighted by molar-refractivity contribution is -0.126. The maximum Gasteiger partial charge on any atom is 0.246 e. The first-order valence-electron chi connectivity index (χ1n) is 10.0. The lowest BCUT2D eigenvalue weighted by Crippen LogP contribution is -2.43. The number of halogens is 2. The lowest BCUT2D eigenvalue weighted by Gasteiger charge is -2.31. The first-order chi connectivity index (χ1) is 13.3. The Hall–Kier alpha value is -1.54. The van der Waals surface area contributed by atoms with Crippen LogP contribution in [0.1, 0.15) is 52.4 Å². The molecule has 1 N–H and O–H groups in total. The predicted molar refractivity (Wildman–Crippen MR) is 104 cm³/mol. The summed E-state index contributed by atoms with van der Waals surface area (Å²) in [5, 5.41) is 3.00. The topological polar surface area (TPSA) is 66.5 Å². The molecule has 1 aromatic carbocycles. The zero-order valence-corrected chi connectivity index (χ0v) is 17.4. The molecule has 0 bridgehead atoms. The second kappa shape index (κ2) is 10.3. The quantitative estimate of drug-likeness (QED) is 0.668. The summed E-state index contributed by atoms with van der Waals surface area (Å²) in [7, 11) is -4.12. The first-order valence-corrected chi connectivity index (χ1v) is 11.5. The highest BCUT2D eigenvalue weighted by atomic mass is 32.2. The van der Waals surface area contributed by atoms with Gasteiger partial charge in [0, 0.05) is 25.6 Å².